The Morgan fingerprint density at radius 1 is 1.24 bits per heavy atom. The van der Waals surface area contributed by atoms with E-state index in [1.807, 2.05) is 4.90 Å². The van der Waals surface area contributed by atoms with E-state index in [0.717, 1.165) is 0 Å². The quantitative estimate of drug-likeness (QED) is 0.251. The van der Waals surface area contributed by atoms with Crippen LogP contribution in [0.3, 0.4) is 0 Å². The number of hydrogen-bond donors (Lipinski definition) is 2. The van der Waals surface area contributed by atoms with Crippen LogP contribution in [0.4, 0.5) is 13.2 Å². The van der Waals surface area contributed by atoms with Gasteiger partial charge in [0.05, 0.1) is 13.2 Å². The molecule has 0 bridgehead atoms. The highest BCUT2D eigenvalue weighted by atomic mass is 127. The van der Waals surface area contributed by atoms with Crippen molar-refractivity contribution in [2.45, 2.75) is 19.1 Å². The monoisotopic (exact) mass is 481 g/mol. The summed E-state index contributed by atoms with van der Waals surface area (Å²) in [5.41, 5.74) is 0. The number of ether oxygens (including phenoxy) is 1. The normalized spacial score (nSPS) is 17.7. The summed E-state index contributed by atoms with van der Waals surface area (Å²) >= 11 is 0. The Hall–Kier alpha value is -0.820. The predicted molar refractivity (Wildman–Crippen MR) is 100 cm³/mol. The molecule has 0 radical (unpaired) electrons. The predicted octanol–water partition coefficient (Wildman–Crippen LogP) is 0.511. The van der Waals surface area contributed by atoms with Gasteiger partial charge in [-0.2, -0.15) is 13.2 Å². The molecule has 1 heterocycles. The van der Waals surface area contributed by atoms with Crippen molar-refractivity contribution in [1.82, 2.24) is 20.4 Å². The fraction of sp³-hybridized carbons (Fsp3) is 0.857. The van der Waals surface area contributed by atoms with Crippen LogP contribution in [-0.2, 0) is 9.53 Å². The minimum Gasteiger partial charge on any atom is -0.383 e. The number of halogens is 4. The number of methoxy groups -OCH3 is 1. The third-order valence-electron chi connectivity index (χ3n) is 3.88. The van der Waals surface area contributed by atoms with Crippen molar-refractivity contribution in [3.8, 4) is 0 Å². The number of nitrogens with one attached hydrogen (secondary N) is 2. The zero-order chi connectivity index (χ0) is 18.2. The minimum atomic E-state index is -4.22. The Morgan fingerprint density at radius 3 is 2.32 bits per heavy atom. The second kappa shape index (κ2) is 11.7. The van der Waals surface area contributed by atoms with Crippen LogP contribution in [0.15, 0.2) is 4.99 Å². The number of hydrogen-bond acceptors (Lipinski definition) is 4. The molecule has 1 aliphatic heterocycles. The standard InChI is InChI=1S/C14H26F3N5O2.HI/c1-11(14(15,16)17)21-5-7-22(8-6-21)13(18-2)20-10-12(23)19-4-9-24-3;/h11H,4-10H2,1-3H3,(H,18,20)(H,19,23);1H. The maximum Gasteiger partial charge on any atom is 0.403 e. The lowest BCUT2D eigenvalue weighted by Gasteiger charge is -2.39. The summed E-state index contributed by atoms with van der Waals surface area (Å²) in [5, 5.41) is 5.59. The highest BCUT2D eigenvalue weighted by molar-refractivity contribution is 14.0. The molecule has 1 unspecified atom stereocenters. The van der Waals surface area contributed by atoms with E-state index in [9.17, 15) is 18.0 Å². The van der Waals surface area contributed by atoms with E-state index in [1.165, 1.54) is 11.8 Å². The molecular formula is C14H27F3IN5O2. The molecule has 0 aromatic carbocycles. The van der Waals surface area contributed by atoms with Crippen molar-refractivity contribution in [2.24, 2.45) is 4.99 Å². The summed E-state index contributed by atoms with van der Waals surface area (Å²) in [6, 6.07) is -1.46. The molecular weight excluding hydrogens is 454 g/mol. The topological polar surface area (TPSA) is 69.2 Å². The van der Waals surface area contributed by atoms with Gasteiger partial charge in [-0.3, -0.25) is 14.7 Å². The van der Waals surface area contributed by atoms with Crippen LogP contribution in [0.5, 0.6) is 0 Å². The zero-order valence-corrected chi connectivity index (χ0v) is 17.1. The first-order valence-corrected chi connectivity index (χ1v) is 7.81. The third kappa shape index (κ3) is 8.40. The molecule has 25 heavy (non-hydrogen) atoms. The van der Waals surface area contributed by atoms with Gasteiger partial charge in [0.1, 0.15) is 6.04 Å². The van der Waals surface area contributed by atoms with Gasteiger partial charge in [-0.25, -0.2) is 0 Å². The van der Waals surface area contributed by atoms with Crippen molar-refractivity contribution in [3.05, 3.63) is 0 Å². The third-order valence-corrected chi connectivity index (χ3v) is 3.88. The second-order valence-electron chi connectivity index (χ2n) is 5.48. The van der Waals surface area contributed by atoms with Gasteiger partial charge in [0, 0.05) is 46.9 Å². The fourth-order valence-electron chi connectivity index (χ4n) is 2.37. The van der Waals surface area contributed by atoms with Crippen molar-refractivity contribution >= 4 is 35.8 Å². The van der Waals surface area contributed by atoms with Crippen LogP contribution in [0, 0.1) is 0 Å². The first kappa shape index (κ1) is 24.2. The molecule has 1 amide bonds. The van der Waals surface area contributed by atoms with Gasteiger partial charge in [-0.1, -0.05) is 0 Å². The summed E-state index contributed by atoms with van der Waals surface area (Å²) < 4.78 is 43.1. The average molecular weight is 481 g/mol. The Bertz CT molecular complexity index is 429. The van der Waals surface area contributed by atoms with E-state index in [1.54, 1.807) is 14.2 Å². The Morgan fingerprint density at radius 2 is 1.84 bits per heavy atom. The zero-order valence-electron chi connectivity index (χ0n) is 14.7. The maximum atomic E-state index is 12.7. The van der Waals surface area contributed by atoms with Gasteiger partial charge in [0.15, 0.2) is 5.96 Å². The summed E-state index contributed by atoms with van der Waals surface area (Å²) in [7, 11) is 3.13. The average Bonchev–Trinajstić information content (AvgIpc) is 2.54. The summed E-state index contributed by atoms with van der Waals surface area (Å²) in [6.45, 7) is 3.51. The number of aliphatic imine (C=N–C) groups is 1. The van der Waals surface area contributed by atoms with Gasteiger partial charge < -0.3 is 20.3 Å². The Balaban J connectivity index is 0.00000576. The maximum absolute atomic E-state index is 12.7. The first-order chi connectivity index (χ1) is 11.3. The molecule has 1 saturated heterocycles. The van der Waals surface area contributed by atoms with Crippen LogP contribution in [0.1, 0.15) is 6.92 Å². The molecule has 0 spiro atoms. The number of amides is 1. The molecule has 1 aliphatic rings. The van der Waals surface area contributed by atoms with E-state index in [2.05, 4.69) is 15.6 Å². The fourth-order valence-corrected chi connectivity index (χ4v) is 2.37. The molecule has 148 valence electrons. The van der Waals surface area contributed by atoms with Crippen molar-refractivity contribution in [2.75, 3.05) is 60.0 Å². The number of alkyl halides is 3. The van der Waals surface area contributed by atoms with Crippen LogP contribution in [-0.4, -0.2) is 93.9 Å². The van der Waals surface area contributed by atoms with Crippen LogP contribution >= 0.6 is 24.0 Å². The molecule has 1 atom stereocenters. The molecule has 0 aromatic rings. The van der Waals surface area contributed by atoms with Crippen molar-refractivity contribution in [3.63, 3.8) is 0 Å². The lowest BCUT2D eigenvalue weighted by Crippen LogP contribution is -2.57. The summed E-state index contributed by atoms with van der Waals surface area (Å²) in [4.78, 5) is 19.0. The van der Waals surface area contributed by atoms with Gasteiger partial charge >= 0.3 is 6.18 Å². The molecule has 1 fully saturated rings. The van der Waals surface area contributed by atoms with E-state index < -0.39 is 12.2 Å². The number of piperazine rings is 1. The van der Waals surface area contributed by atoms with E-state index >= 15 is 0 Å². The van der Waals surface area contributed by atoms with Crippen molar-refractivity contribution in [1.29, 1.82) is 0 Å². The van der Waals surface area contributed by atoms with E-state index in [4.69, 9.17) is 4.74 Å². The van der Waals surface area contributed by atoms with E-state index in [-0.39, 0.29) is 36.4 Å². The molecule has 0 aliphatic carbocycles. The van der Waals surface area contributed by atoms with Crippen molar-refractivity contribution < 1.29 is 22.7 Å². The number of carbonyl (C=O) groups is 1. The molecule has 0 saturated carbocycles. The highest BCUT2D eigenvalue weighted by Gasteiger charge is 2.41. The highest BCUT2D eigenvalue weighted by Crippen LogP contribution is 2.25. The SMILES string of the molecule is CN=C(NCC(=O)NCCOC)N1CCN(C(C)C(F)(F)F)CC1.I. The minimum absolute atomic E-state index is 0. The largest absolute Gasteiger partial charge is 0.403 e. The van der Waals surface area contributed by atoms with E-state index in [0.29, 0.717) is 45.3 Å². The van der Waals surface area contributed by atoms with Crippen LogP contribution in [0.2, 0.25) is 0 Å². The molecule has 1 rings (SSSR count). The lowest BCUT2D eigenvalue weighted by atomic mass is 10.2. The van der Waals surface area contributed by atoms with Gasteiger partial charge in [0.2, 0.25) is 5.91 Å². The summed E-state index contributed by atoms with van der Waals surface area (Å²) in [6.07, 6.45) is -4.22. The lowest BCUT2D eigenvalue weighted by molar-refractivity contribution is -0.181. The number of carbonyl (C=O) groups excluding carboxylic acids is 1. The van der Waals surface area contributed by atoms with Gasteiger partial charge in [-0.15, -0.1) is 24.0 Å². The summed E-state index contributed by atoms with van der Waals surface area (Å²) in [5.74, 6) is 0.314. The number of guanidine groups is 1. The number of rotatable bonds is 6. The smallest absolute Gasteiger partial charge is 0.383 e. The number of nitrogens with zero attached hydrogens (tertiary/aromatic N) is 3. The molecule has 11 heteroatoms. The Kier molecular flexibility index (Phi) is 11.3. The molecule has 7 nitrogen and oxygen atoms in total. The van der Waals surface area contributed by atoms with Gasteiger partial charge in [-0.05, 0) is 6.92 Å². The second-order valence-corrected chi connectivity index (χ2v) is 5.48. The van der Waals surface area contributed by atoms with Gasteiger partial charge in [0.25, 0.3) is 0 Å². The van der Waals surface area contributed by atoms with Crippen LogP contribution in [0.25, 0.3) is 0 Å². The Labute approximate surface area is 163 Å². The first-order valence-electron chi connectivity index (χ1n) is 7.81. The molecule has 0 aromatic heterocycles. The van der Waals surface area contributed by atoms with Crippen LogP contribution < -0.4 is 10.6 Å². The molecule has 2 N–H and O–H groups in total.